The van der Waals surface area contributed by atoms with E-state index >= 15 is 0 Å². The van der Waals surface area contributed by atoms with Crippen molar-refractivity contribution < 1.29 is 25.0 Å². The lowest BCUT2D eigenvalue weighted by molar-refractivity contribution is -0.325. The van der Waals surface area contributed by atoms with Gasteiger partial charge in [-0.25, -0.2) is 0 Å². The zero-order chi connectivity index (χ0) is 22.5. The van der Waals surface area contributed by atoms with E-state index in [0.29, 0.717) is 24.5 Å². The number of ether oxygens (including phenoxy) is 1. The van der Waals surface area contributed by atoms with Gasteiger partial charge in [0.05, 0.1) is 29.6 Å². The molecule has 0 aromatic heterocycles. The molecule has 11 unspecified atom stereocenters. The minimum absolute atomic E-state index is 0.00816. The van der Waals surface area contributed by atoms with Crippen LogP contribution < -0.4 is 5.32 Å². The summed E-state index contributed by atoms with van der Waals surface area (Å²) in [5, 5.41) is 38.6. The second kappa shape index (κ2) is 6.67. The summed E-state index contributed by atoms with van der Waals surface area (Å²) in [6.07, 6.45) is 2.06. The first-order valence-corrected chi connectivity index (χ1v) is 12.0. The molecule has 5 fully saturated rings. The van der Waals surface area contributed by atoms with Crippen molar-refractivity contribution in [3.05, 3.63) is 0 Å². The molecule has 0 aromatic carbocycles. The maximum Gasteiger partial charge on any atom is 0.223 e. The van der Waals surface area contributed by atoms with Crippen molar-refractivity contribution in [1.82, 2.24) is 5.32 Å². The highest BCUT2D eigenvalue weighted by Gasteiger charge is 2.71. The van der Waals surface area contributed by atoms with Crippen molar-refractivity contribution in [2.24, 2.45) is 45.6 Å². The van der Waals surface area contributed by atoms with Gasteiger partial charge in [-0.05, 0) is 44.4 Å². The van der Waals surface area contributed by atoms with Gasteiger partial charge in [0.1, 0.15) is 0 Å². The second-order valence-electron chi connectivity index (χ2n) is 12.0. The van der Waals surface area contributed by atoms with Crippen LogP contribution in [0.25, 0.3) is 0 Å². The molecule has 0 aromatic rings. The number of oxime groups is 1. The van der Waals surface area contributed by atoms with Crippen molar-refractivity contribution in [3.63, 3.8) is 0 Å². The zero-order valence-corrected chi connectivity index (χ0v) is 19.3. The van der Waals surface area contributed by atoms with Gasteiger partial charge in [0.15, 0.2) is 0 Å². The number of nitrogens with zero attached hydrogens (tertiary/aromatic N) is 1. The number of hydrogen-bond donors (Lipinski definition) is 4. The summed E-state index contributed by atoms with van der Waals surface area (Å²) in [5.74, 6) is 0.298. The Hall–Kier alpha value is -1.18. The number of hydrogen-bond acceptors (Lipinski definition) is 6. The highest BCUT2D eigenvalue weighted by atomic mass is 16.5. The highest BCUT2D eigenvalue weighted by Crippen LogP contribution is 2.68. The fraction of sp³-hybridized carbons (Fsp3) is 0.917. The van der Waals surface area contributed by atoms with Gasteiger partial charge in [0, 0.05) is 41.0 Å². The maximum atomic E-state index is 12.6. The lowest BCUT2D eigenvalue weighted by Crippen LogP contribution is -2.74. The van der Waals surface area contributed by atoms with Gasteiger partial charge in [0.25, 0.3) is 0 Å². The SMILES string of the molecule is CC1NC(=O)C2CC(O)C3CC4(C)C(C)CCC5C(C)(C)C(=NO)C(O)CC54OC3C12. The van der Waals surface area contributed by atoms with E-state index in [4.69, 9.17) is 4.74 Å². The van der Waals surface area contributed by atoms with E-state index in [1.54, 1.807) is 0 Å². The van der Waals surface area contributed by atoms with Crippen molar-refractivity contribution in [1.29, 1.82) is 0 Å². The molecule has 0 radical (unpaired) electrons. The number of nitrogens with one attached hydrogen (secondary N) is 1. The molecule has 5 aliphatic rings. The van der Waals surface area contributed by atoms with Crippen LogP contribution in [0.2, 0.25) is 0 Å². The van der Waals surface area contributed by atoms with Crippen LogP contribution in [0.4, 0.5) is 0 Å². The molecule has 5 rings (SSSR count). The Labute approximate surface area is 184 Å². The summed E-state index contributed by atoms with van der Waals surface area (Å²) >= 11 is 0. The van der Waals surface area contributed by atoms with E-state index in [-0.39, 0.29) is 47.1 Å². The smallest absolute Gasteiger partial charge is 0.223 e. The monoisotopic (exact) mass is 434 g/mol. The van der Waals surface area contributed by atoms with Crippen LogP contribution in [0.3, 0.4) is 0 Å². The van der Waals surface area contributed by atoms with Crippen LogP contribution >= 0.6 is 0 Å². The molecule has 7 nitrogen and oxygen atoms in total. The van der Waals surface area contributed by atoms with Gasteiger partial charge in [0.2, 0.25) is 5.91 Å². The van der Waals surface area contributed by atoms with Gasteiger partial charge in [-0.3, -0.25) is 4.79 Å². The van der Waals surface area contributed by atoms with E-state index < -0.39 is 23.2 Å². The standard InChI is InChI=1S/C24H38N2O5/c1-11-6-7-17-22(3,4)20(26-30)16(28)10-24(17)23(11,5)9-14-15(27)8-13-18(19(14)31-24)12(2)25-21(13)29/h11-19,27-28,30H,6-10H2,1-5H3,(H,25,29). The zero-order valence-electron chi connectivity index (χ0n) is 19.3. The number of carbonyl (C=O) groups is 1. The molecule has 1 amide bonds. The van der Waals surface area contributed by atoms with Crippen molar-refractivity contribution in [3.8, 4) is 0 Å². The molecule has 2 aliphatic heterocycles. The first kappa shape index (κ1) is 21.7. The van der Waals surface area contributed by atoms with E-state index in [2.05, 4.69) is 38.2 Å². The van der Waals surface area contributed by atoms with Gasteiger partial charge in [-0.2, -0.15) is 0 Å². The summed E-state index contributed by atoms with van der Waals surface area (Å²) in [4.78, 5) is 12.6. The topological polar surface area (TPSA) is 111 Å². The molecule has 2 heterocycles. The molecule has 3 aliphatic carbocycles. The van der Waals surface area contributed by atoms with Crippen LogP contribution in [0.1, 0.15) is 66.7 Å². The fourth-order valence-corrected chi connectivity index (χ4v) is 8.75. The van der Waals surface area contributed by atoms with Crippen molar-refractivity contribution in [2.45, 2.75) is 96.7 Å². The Morgan fingerprint density at radius 3 is 2.52 bits per heavy atom. The van der Waals surface area contributed by atoms with Gasteiger partial charge in [-0.15, -0.1) is 0 Å². The van der Waals surface area contributed by atoms with Crippen LogP contribution in [0.5, 0.6) is 0 Å². The lowest BCUT2D eigenvalue weighted by Gasteiger charge is -2.70. The number of aliphatic hydroxyl groups excluding tert-OH is 2. The summed E-state index contributed by atoms with van der Waals surface area (Å²) in [6, 6.07) is 0.00816. The van der Waals surface area contributed by atoms with Crippen LogP contribution in [0.15, 0.2) is 5.16 Å². The molecule has 7 heteroatoms. The van der Waals surface area contributed by atoms with Gasteiger partial charge < -0.3 is 25.5 Å². The van der Waals surface area contributed by atoms with Crippen LogP contribution in [-0.4, -0.2) is 57.0 Å². The molecular formula is C24H38N2O5. The third-order valence-electron chi connectivity index (χ3n) is 10.5. The number of amides is 1. The molecule has 4 N–H and O–H groups in total. The van der Waals surface area contributed by atoms with E-state index in [1.807, 2.05) is 6.92 Å². The third-order valence-corrected chi connectivity index (χ3v) is 10.5. The predicted octanol–water partition coefficient (Wildman–Crippen LogP) is 2.32. The van der Waals surface area contributed by atoms with Crippen molar-refractivity contribution >= 4 is 11.6 Å². The number of rotatable bonds is 0. The largest absolute Gasteiger partial charge is 0.411 e. The van der Waals surface area contributed by atoms with E-state index in [9.17, 15) is 20.2 Å². The maximum absolute atomic E-state index is 12.6. The first-order valence-electron chi connectivity index (χ1n) is 12.0. The van der Waals surface area contributed by atoms with Gasteiger partial charge in [-0.1, -0.05) is 32.9 Å². The normalized spacial score (nSPS) is 56.8. The Balaban J connectivity index is 1.63. The Bertz CT molecular complexity index is 814. The summed E-state index contributed by atoms with van der Waals surface area (Å²) < 4.78 is 7.21. The Morgan fingerprint density at radius 1 is 1.13 bits per heavy atom. The molecule has 174 valence electrons. The Morgan fingerprint density at radius 2 is 1.84 bits per heavy atom. The number of fused-ring (bicyclic) bond motifs is 3. The molecule has 31 heavy (non-hydrogen) atoms. The number of carbonyl (C=O) groups excluding carboxylic acids is 1. The molecule has 0 bridgehead atoms. The number of aliphatic hydroxyl groups is 2. The highest BCUT2D eigenvalue weighted by molar-refractivity contribution is 5.94. The fourth-order valence-electron chi connectivity index (χ4n) is 8.75. The second-order valence-corrected chi connectivity index (χ2v) is 12.0. The summed E-state index contributed by atoms with van der Waals surface area (Å²) in [7, 11) is 0. The summed E-state index contributed by atoms with van der Waals surface area (Å²) in [6.45, 7) is 10.7. The average molecular weight is 435 g/mol. The first-order chi connectivity index (χ1) is 14.5. The lowest BCUT2D eigenvalue weighted by atomic mass is 9.42. The minimum atomic E-state index is -0.873. The van der Waals surface area contributed by atoms with Crippen molar-refractivity contribution in [2.75, 3.05) is 0 Å². The molecule has 2 saturated heterocycles. The Kier molecular flexibility index (Phi) is 4.66. The van der Waals surface area contributed by atoms with E-state index in [1.165, 1.54) is 0 Å². The molecule has 3 saturated carbocycles. The van der Waals surface area contributed by atoms with E-state index in [0.717, 1.165) is 19.3 Å². The minimum Gasteiger partial charge on any atom is -0.411 e. The molecule has 11 atom stereocenters. The van der Waals surface area contributed by atoms with Crippen LogP contribution in [0, 0.1) is 40.4 Å². The molecular weight excluding hydrogens is 396 g/mol. The van der Waals surface area contributed by atoms with Crippen LogP contribution in [-0.2, 0) is 9.53 Å². The third kappa shape index (κ3) is 2.57. The quantitative estimate of drug-likeness (QED) is 0.345. The average Bonchev–Trinajstić information content (AvgIpc) is 2.95. The molecule has 1 spiro atoms. The summed E-state index contributed by atoms with van der Waals surface area (Å²) in [5.41, 5.74) is -0.874. The predicted molar refractivity (Wildman–Crippen MR) is 115 cm³/mol. The van der Waals surface area contributed by atoms with Gasteiger partial charge >= 0.3 is 0 Å².